The second-order valence-corrected chi connectivity index (χ2v) is 6.24. The third-order valence-corrected chi connectivity index (χ3v) is 4.16. The summed E-state index contributed by atoms with van der Waals surface area (Å²) in [5.41, 5.74) is -0.169. The Morgan fingerprint density at radius 1 is 1.33 bits per heavy atom. The molecule has 1 aliphatic rings. The maximum absolute atomic E-state index is 9.49. The van der Waals surface area contributed by atoms with E-state index in [1.54, 1.807) is 0 Å². The fourth-order valence-corrected chi connectivity index (χ4v) is 3.16. The van der Waals surface area contributed by atoms with Crippen molar-refractivity contribution >= 4 is 32.4 Å². The third kappa shape index (κ3) is 2.68. The van der Waals surface area contributed by atoms with E-state index in [1.165, 1.54) is 30.6 Å². The van der Waals surface area contributed by atoms with E-state index in [1.807, 2.05) is 0 Å². The van der Waals surface area contributed by atoms with E-state index < -0.39 is 0 Å². The Bertz CT molecular complexity index is 325. The zero-order chi connectivity index (χ0) is 10.7. The molecule has 0 atom stereocenters. The largest absolute Gasteiger partial charge is 0.394 e. The van der Waals surface area contributed by atoms with E-state index in [9.17, 15) is 5.11 Å². The standard InChI is InChI=1S/C9H14BrN3OS/c10-7-12-13-8(15-7)11-9(6-14)4-2-1-3-5-9/h14H,1-6H2,(H,11,13). The van der Waals surface area contributed by atoms with Crippen LogP contribution in [0.2, 0.25) is 0 Å². The molecule has 1 fully saturated rings. The first kappa shape index (κ1) is 11.3. The van der Waals surface area contributed by atoms with E-state index in [4.69, 9.17) is 0 Å². The number of hydrogen-bond acceptors (Lipinski definition) is 5. The molecular weight excluding hydrogens is 278 g/mol. The van der Waals surface area contributed by atoms with Gasteiger partial charge in [-0.2, -0.15) is 0 Å². The number of nitrogens with one attached hydrogen (secondary N) is 1. The van der Waals surface area contributed by atoms with Gasteiger partial charge in [0.05, 0.1) is 12.1 Å². The third-order valence-electron chi connectivity index (χ3n) is 2.89. The first-order valence-corrected chi connectivity index (χ1v) is 6.73. The Hall–Kier alpha value is -0.200. The fraction of sp³-hybridized carbons (Fsp3) is 0.778. The molecule has 0 aliphatic heterocycles. The lowest BCUT2D eigenvalue weighted by Gasteiger charge is -2.36. The van der Waals surface area contributed by atoms with E-state index in [0.29, 0.717) is 0 Å². The number of aliphatic hydroxyl groups is 1. The van der Waals surface area contributed by atoms with Gasteiger partial charge in [0.2, 0.25) is 5.13 Å². The van der Waals surface area contributed by atoms with Gasteiger partial charge in [0.15, 0.2) is 3.92 Å². The summed E-state index contributed by atoms with van der Waals surface area (Å²) >= 11 is 4.75. The van der Waals surface area contributed by atoms with Crippen molar-refractivity contribution in [3.05, 3.63) is 3.92 Å². The van der Waals surface area contributed by atoms with Crippen LogP contribution in [0.5, 0.6) is 0 Å². The highest BCUT2D eigenvalue weighted by Gasteiger charge is 2.32. The molecule has 2 N–H and O–H groups in total. The maximum Gasteiger partial charge on any atom is 0.206 e. The lowest BCUT2D eigenvalue weighted by Crippen LogP contribution is -2.43. The minimum atomic E-state index is -0.169. The van der Waals surface area contributed by atoms with Crippen LogP contribution in [-0.4, -0.2) is 27.4 Å². The molecule has 0 amide bonds. The summed E-state index contributed by atoms with van der Waals surface area (Å²) in [6.45, 7) is 0.171. The number of aliphatic hydroxyl groups excluding tert-OH is 1. The molecule has 15 heavy (non-hydrogen) atoms. The minimum Gasteiger partial charge on any atom is -0.394 e. The summed E-state index contributed by atoms with van der Waals surface area (Å²) in [5, 5.41) is 21.5. The molecule has 1 saturated carbocycles. The molecule has 1 aliphatic carbocycles. The van der Waals surface area contributed by atoms with Gasteiger partial charge in [-0.3, -0.25) is 0 Å². The van der Waals surface area contributed by atoms with Gasteiger partial charge in [0.1, 0.15) is 0 Å². The second kappa shape index (κ2) is 4.76. The monoisotopic (exact) mass is 291 g/mol. The number of anilines is 1. The molecule has 6 heteroatoms. The Morgan fingerprint density at radius 3 is 2.60 bits per heavy atom. The molecule has 1 aromatic rings. The van der Waals surface area contributed by atoms with Crippen LogP contribution in [0.1, 0.15) is 32.1 Å². The molecule has 0 unspecified atom stereocenters. The molecule has 1 heterocycles. The Labute approximate surface area is 101 Å². The summed E-state index contributed by atoms with van der Waals surface area (Å²) in [4.78, 5) is 0. The van der Waals surface area contributed by atoms with Crippen molar-refractivity contribution in [1.29, 1.82) is 0 Å². The lowest BCUT2D eigenvalue weighted by molar-refractivity contribution is 0.173. The molecule has 4 nitrogen and oxygen atoms in total. The van der Waals surface area contributed by atoms with Gasteiger partial charge in [0.25, 0.3) is 0 Å². The van der Waals surface area contributed by atoms with Crippen LogP contribution in [0.15, 0.2) is 3.92 Å². The minimum absolute atomic E-state index is 0.169. The van der Waals surface area contributed by atoms with Crippen molar-refractivity contribution in [3.63, 3.8) is 0 Å². The van der Waals surface area contributed by atoms with Gasteiger partial charge >= 0.3 is 0 Å². The van der Waals surface area contributed by atoms with Crippen LogP contribution < -0.4 is 5.32 Å². The van der Waals surface area contributed by atoms with E-state index >= 15 is 0 Å². The normalized spacial score (nSPS) is 20.1. The summed E-state index contributed by atoms with van der Waals surface area (Å²) in [6, 6.07) is 0. The van der Waals surface area contributed by atoms with Crippen LogP contribution in [0, 0.1) is 0 Å². The molecule has 0 aromatic carbocycles. The first-order valence-electron chi connectivity index (χ1n) is 5.12. The Kier molecular flexibility index (Phi) is 3.58. The van der Waals surface area contributed by atoms with Crippen molar-refractivity contribution in [1.82, 2.24) is 10.2 Å². The molecule has 1 aromatic heterocycles. The first-order chi connectivity index (χ1) is 7.24. The predicted molar refractivity (Wildman–Crippen MR) is 64.1 cm³/mol. The molecule has 0 bridgehead atoms. The zero-order valence-corrected chi connectivity index (χ0v) is 10.8. The van der Waals surface area contributed by atoms with Crippen molar-refractivity contribution in [2.75, 3.05) is 11.9 Å². The van der Waals surface area contributed by atoms with E-state index in [2.05, 4.69) is 31.4 Å². The van der Waals surface area contributed by atoms with Crippen LogP contribution in [-0.2, 0) is 0 Å². The second-order valence-electron chi connectivity index (χ2n) is 3.98. The summed E-state index contributed by atoms with van der Waals surface area (Å²) in [7, 11) is 0. The molecule has 0 saturated heterocycles. The van der Waals surface area contributed by atoms with Gasteiger partial charge in [-0.15, -0.1) is 10.2 Å². The van der Waals surface area contributed by atoms with Crippen LogP contribution >= 0.6 is 27.3 Å². The highest BCUT2D eigenvalue weighted by Crippen LogP contribution is 2.32. The number of halogens is 1. The number of aromatic nitrogens is 2. The van der Waals surface area contributed by atoms with Gasteiger partial charge in [-0.05, 0) is 28.8 Å². The van der Waals surface area contributed by atoms with Crippen molar-refractivity contribution < 1.29 is 5.11 Å². The topological polar surface area (TPSA) is 58.0 Å². The number of nitrogens with zero attached hydrogens (tertiary/aromatic N) is 2. The van der Waals surface area contributed by atoms with Crippen LogP contribution in [0.4, 0.5) is 5.13 Å². The molecule has 84 valence electrons. The van der Waals surface area contributed by atoms with Gasteiger partial charge in [0, 0.05) is 0 Å². The zero-order valence-electron chi connectivity index (χ0n) is 8.37. The van der Waals surface area contributed by atoms with Crippen molar-refractivity contribution in [2.45, 2.75) is 37.6 Å². The quantitative estimate of drug-likeness (QED) is 0.898. The summed E-state index contributed by atoms with van der Waals surface area (Å²) in [6.07, 6.45) is 5.64. The van der Waals surface area contributed by atoms with E-state index in [0.717, 1.165) is 21.9 Å². The average Bonchev–Trinajstić information content (AvgIpc) is 2.65. The summed E-state index contributed by atoms with van der Waals surface area (Å²) in [5.74, 6) is 0. The van der Waals surface area contributed by atoms with Gasteiger partial charge < -0.3 is 10.4 Å². The van der Waals surface area contributed by atoms with Crippen molar-refractivity contribution in [2.24, 2.45) is 0 Å². The molecule has 2 rings (SSSR count). The van der Waals surface area contributed by atoms with Crippen LogP contribution in [0.25, 0.3) is 0 Å². The fourth-order valence-electron chi connectivity index (χ4n) is 2.03. The van der Waals surface area contributed by atoms with Crippen molar-refractivity contribution in [3.8, 4) is 0 Å². The Balaban J connectivity index is 2.06. The average molecular weight is 292 g/mol. The number of rotatable bonds is 3. The molecular formula is C9H14BrN3OS. The smallest absolute Gasteiger partial charge is 0.206 e. The maximum atomic E-state index is 9.49. The molecule has 0 radical (unpaired) electrons. The predicted octanol–water partition coefficient (Wildman–Crippen LogP) is 2.41. The van der Waals surface area contributed by atoms with Gasteiger partial charge in [-0.25, -0.2) is 0 Å². The molecule has 0 spiro atoms. The van der Waals surface area contributed by atoms with Gasteiger partial charge in [-0.1, -0.05) is 30.6 Å². The summed E-state index contributed by atoms with van der Waals surface area (Å²) < 4.78 is 0.772. The lowest BCUT2D eigenvalue weighted by atomic mass is 9.82. The Morgan fingerprint density at radius 2 is 2.07 bits per heavy atom. The SMILES string of the molecule is OCC1(Nc2nnc(Br)s2)CCCCC1. The van der Waals surface area contributed by atoms with E-state index in [-0.39, 0.29) is 12.1 Å². The highest BCUT2D eigenvalue weighted by molar-refractivity contribution is 9.11. The number of hydrogen-bond donors (Lipinski definition) is 2. The van der Waals surface area contributed by atoms with Crippen LogP contribution in [0.3, 0.4) is 0 Å². The highest BCUT2D eigenvalue weighted by atomic mass is 79.9.